The Morgan fingerprint density at radius 2 is 1.90 bits per heavy atom. The van der Waals surface area contributed by atoms with Crippen molar-refractivity contribution in [3.63, 3.8) is 0 Å². The van der Waals surface area contributed by atoms with Crippen molar-refractivity contribution >= 4 is 43.0 Å². The van der Waals surface area contributed by atoms with Crippen LogP contribution < -0.4 is 10.5 Å². The van der Waals surface area contributed by atoms with Gasteiger partial charge < -0.3 is 5.73 Å². The van der Waals surface area contributed by atoms with Crippen molar-refractivity contribution in [2.45, 2.75) is 42.0 Å². The molecule has 1 heterocycles. The van der Waals surface area contributed by atoms with Crippen LogP contribution in [0.25, 0.3) is 10.1 Å². The lowest BCUT2D eigenvalue weighted by Crippen LogP contribution is -2.40. The third-order valence-electron chi connectivity index (χ3n) is 3.81. The Morgan fingerprint density at radius 3 is 2.62 bits per heavy atom. The Labute approximate surface area is 133 Å². The summed E-state index contributed by atoms with van der Waals surface area (Å²) in [6.45, 7) is 0. The predicted octanol–water partition coefficient (Wildman–Crippen LogP) is 3.10. The standard InChI is InChI=1S/C14H17ClN2O2S2/c15-10-1-6-13-9(7-10)8-14(20-13)21(18,19)17-12-4-2-11(16)3-5-12/h1,6-8,11-12,17H,2-5,16H2. The second-order valence-electron chi connectivity index (χ2n) is 5.48. The van der Waals surface area contributed by atoms with Gasteiger partial charge in [0.1, 0.15) is 4.21 Å². The van der Waals surface area contributed by atoms with Crippen molar-refractivity contribution < 1.29 is 8.42 Å². The first-order valence-corrected chi connectivity index (χ1v) is 9.59. The van der Waals surface area contributed by atoms with Crippen LogP contribution in [0.3, 0.4) is 0 Å². The molecule has 0 unspecified atom stereocenters. The number of nitrogens with two attached hydrogens (primary N) is 1. The number of nitrogens with one attached hydrogen (secondary N) is 1. The fourth-order valence-corrected chi connectivity index (χ4v) is 5.52. The van der Waals surface area contributed by atoms with E-state index in [4.69, 9.17) is 17.3 Å². The van der Waals surface area contributed by atoms with E-state index in [0.717, 1.165) is 35.8 Å². The summed E-state index contributed by atoms with van der Waals surface area (Å²) < 4.78 is 29.0. The van der Waals surface area contributed by atoms with Gasteiger partial charge in [0.25, 0.3) is 0 Å². The molecule has 0 bridgehead atoms. The van der Waals surface area contributed by atoms with E-state index in [1.54, 1.807) is 18.2 Å². The lowest BCUT2D eigenvalue weighted by atomic mass is 9.93. The molecule has 4 nitrogen and oxygen atoms in total. The van der Waals surface area contributed by atoms with E-state index in [2.05, 4.69) is 4.72 Å². The van der Waals surface area contributed by atoms with Gasteiger partial charge in [-0.15, -0.1) is 11.3 Å². The summed E-state index contributed by atoms with van der Waals surface area (Å²) >= 11 is 7.21. The highest BCUT2D eigenvalue weighted by atomic mass is 35.5. The van der Waals surface area contributed by atoms with Crippen LogP contribution in [0.1, 0.15) is 25.7 Å². The number of benzene rings is 1. The monoisotopic (exact) mass is 344 g/mol. The minimum atomic E-state index is -3.47. The van der Waals surface area contributed by atoms with Gasteiger partial charge in [-0.05, 0) is 55.3 Å². The number of thiophene rings is 1. The largest absolute Gasteiger partial charge is 0.328 e. The highest BCUT2D eigenvalue weighted by Gasteiger charge is 2.25. The van der Waals surface area contributed by atoms with Crippen molar-refractivity contribution in [2.75, 3.05) is 0 Å². The molecule has 1 fully saturated rings. The third-order valence-corrected chi connectivity index (χ3v) is 7.16. The van der Waals surface area contributed by atoms with Crippen LogP contribution in [-0.4, -0.2) is 20.5 Å². The number of rotatable bonds is 3. The van der Waals surface area contributed by atoms with E-state index < -0.39 is 10.0 Å². The second kappa shape index (κ2) is 5.85. The van der Waals surface area contributed by atoms with Crippen LogP contribution in [0, 0.1) is 0 Å². The van der Waals surface area contributed by atoms with Crippen LogP contribution in [0.4, 0.5) is 0 Å². The van der Waals surface area contributed by atoms with E-state index in [1.807, 2.05) is 6.07 Å². The summed E-state index contributed by atoms with van der Waals surface area (Å²) in [7, 11) is -3.47. The zero-order valence-corrected chi connectivity index (χ0v) is 13.8. The molecule has 21 heavy (non-hydrogen) atoms. The minimum absolute atomic E-state index is 0.0106. The zero-order valence-electron chi connectivity index (χ0n) is 11.4. The van der Waals surface area contributed by atoms with Crippen molar-refractivity contribution in [2.24, 2.45) is 5.73 Å². The molecule has 0 atom stereocenters. The van der Waals surface area contributed by atoms with Gasteiger partial charge in [-0.2, -0.15) is 0 Å². The SMILES string of the molecule is NC1CCC(NS(=O)(=O)c2cc3cc(Cl)ccc3s2)CC1. The topological polar surface area (TPSA) is 72.2 Å². The maximum absolute atomic E-state index is 12.5. The number of hydrogen-bond donors (Lipinski definition) is 2. The first kappa shape index (κ1) is 15.2. The molecule has 0 aliphatic heterocycles. The molecule has 1 saturated carbocycles. The van der Waals surface area contributed by atoms with E-state index in [-0.39, 0.29) is 12.1 Å². The quantitative estimate of drug-likeness (QED) is 0.898. The fourth-order valence-electron chi connectivity index (χ4n) is 2.64. The molecular formula is C14H17ClN2O2S2. The molecule has 0 amide bonds. The molecule has 2 aromatic rings. The third kappa shape index (κ3) is 3.40. The minimum Gasteiger partial charge on any atom is -0.328 e. The second-order valence-corrected chi connectivity index (χ2v) is 8.94. The summed E-state index contributed by atoms with van der Waals surface area (Å²) in [5.74, 6) is 0. The molecule has 3 N–H and O–H groups in total. The van der Waals surface area contributed by atoms with Gasteiger partial charge >= 0.3 is 0 Å². The van der Waals surface area contributed by atoms with Crippen LogP contribution in [-0.2, 0) is 10.0 Å². The van der Waals surface area contributed by atoms with Gasteiger partial charge in [-0.3, -0.25) is 0 Å². The van der Waals surface area contributed by atoms with Gasteiger partial charge in [0.05, 0.1) is 0 Å². The predicted molar refractivity (Wildman–Crippen MR) is 87.4 cm³/mol. The fraction of sp³-hybridized carbons (Fsp3) is 0.429. The smallest absolute Gasteiger partial charge is 0.250 e. The maximum atomic E-state index is 12.5. The summed E-state index contributed by atoms with van der Waals surface area (Å²) in [6, 6.07) is 7.28. The van der Waals surface area contributed by atoms with E-state index in [0.29, 0.717) is 9.23 Å². The Hall–Kier alpha value is -0.660. The number of hydrogen-bond acceptors (Lipinski definition) is 4. The molecule has 0 saturated heterocycles. The summed E-state index contributed by atoms with van der Waals surface area (Å²) in [6.07, 6.45) is 3.35. The van der Waals surface area contributed by atoms with Crippen molar-refractivity contribution in [1.82, 2.24) is 4.72 Å². The molecule has 3 rings (SSSR count). The first-order valence-electron chi connectivity index (χ1n) is 6.91. The van der Waals surface area contributed by atoms with Crippen molar-refractivity contribution in [1.29, 1.82) is 0 Å². The number of halogens is 1. The van der Waals surface area contributed by atoms with Crippen molar-refractivity contribution in [3.8, 4) is 0 Å². The van der Waals surface area contributed by atoms with Crippen LogP contribution in [0.15, 0.2) is 28.5 Å². The van der Waals surface area contributed by atoms with E-state index in [1.165, 1.54) is 11.3 Å². The first-order chi connectivity index (χ1) is 9.94. The van der Waals surface area contributed by atoms with E-state index in [9.17, 15) is 8.42 Å². The van der Waals surface area contributed by atoms with Gasteiger partial charge in [-0.1, -0.05) is 11.6 Å². The lowest BCUT2D eigenvalue weighted by molar-refractivity contribution is 0.374. The molecule has 1 aliphatic carbocycles. The van der Waals surface area contributed by atoms with E-state index >= 15 is 0 Å². The molecule has 1 aromatic heterocycles. The highest BCUT2D eigenvalue weighted by molar-refractivity contribution is 7.91. The Bertz CT molecular complexity index is 749. The molecule has 0 spiro atoms. The molecule has 0 radical (unpaired) electrons. The zero-order chi connectivity index (χ0) is 15.0. The van der Waals surface area contributed by atoms with Crippen LogP contribution in [0.5, 0.6) is 0 Å². The molecule has 1 aliphatic rings. The Kier molecular flexibility index (Phi) is 4.25. The van der Waals surface area contributed by atoms with Crippen LogP contribution in [0.2, 0.25) is 5.02 Å². The van der Waals surface area contributed by atoms with Gasteiger partial charge in [0, 0.05) is 21.8 Å². The highest BCUT2D eigenvalue weighted by Crippen LogP contribution is 2.31. The summed E-state index contributed by atoms with van der Waals surface area (Å²) in [5, 5.41) is 1.47. The van der Waals surface area contributed by atoms with Gasteiger partial charge in [0.2, 0.25) is 10.0 Å². The lowest BCUT2D eigenvalue weighted by Gasteiger charge is -2.26. The molecular weight excluding hydrogens is 328 g/mol. The summed E-state index contributed by atoms with van der Waals surface area (Å²) in [4.78, 5) is 0. The Balaban J connectivity index is 1.82. The molecule has 7 heteroatoms. The van der Waals surface area contributed by atoms with Gasteiger partial charge in [-0.25, -0.2) is 13.1 Å². The maximum Gasteiger partial charge on any atom is 0.250 e. The van der Waals surface area contributed by atoms with Crippen molar-refractivity contribution in [3.05, 3.63) is 29.3 Å². The molecule has 114 valence electrons. The summed E-state index contributed by atoms with van der Waals surface area (Å²) in [5.41, 5.74) is 5.85. The van der Waals surface area contributed by atoms with Gasteiger partial charge in [0.15, 0.2) is 0 Å². The Morgan fingerprint density at radius 1 is 1.19 bits per heavy atom. The number of fused-ring (bicyclic) bond motifs is 1. The normalized spacial score (nSPS) is 23.5. The molecule has 1 aromatic carbocycles. The number of sulfonamides is 1. The average molecular weight is 345 g/mol. The van der Waals surface area contributed by atoms with Crippen LogP contribution >= 0.6 is 22.9 Å². The average Bonchev–Trinajstić information content (AvgIpc) is 2.85.